The van der Waals surface area contributed by atoms with E-state index in [9.17, 15) is 13.6 Å². The average Bonchev–Trinajstić information content (AvgIpc) is 3.05. The van der Waals surface area contributed by atoms with Crippen LogP contribution in [0.5, 0.6) is 0 Å². The third-order valence-corrected chi connectivity index (χ3v) is 5.30. The van der Waals surface area contributed by atoms with Gasteiger partial charge in [-0.1, -0.05) is 53.7 Å². The molecule has 134 valence electrons. The largest absolute Gasteiger partial charge is 0.325 e. The fraction of sp³-hybridized carbons (Fsp3) is 0.158. The highest BCUT2D eigenvalue weighted by molar-refractivity contribution is 7.99. The van der Waals surface area contributed by atoms with Crippen molar-refractivity contribution in [3.8, 4) is 10.6 Å². The van der Waals surface area contributed by atoms with Gasteiger partial charge in [0.25, 0.3) is 5.76 Å². The molecule has 3 rings (SSSR count). The molecular formula is C19H16F2N2OS2. The Hall–Kier alpha value is -2.25. The van der Waals surface area contributed by atoms with Gasteiger partial charge >= 0.3 is 0 Å². The summed E-state index contributed by atoms with van der Waals surface area (Å²) in [7, 11) is 0. The van der Waals surface area contributed by atoms with Crippen molar-refractivity contribution in [3.05, 3.63) is 65.2 Å². The van der Waals surface area contributed by atoms with E-state index in [1.165, 1.54) is 16.9 Å². The van der Waals surface area contributed by atoms with Gasteiger partial charge in [-0.05, 0) is 19.1 Å². The summed E-state index contributed by atoms with van der Waals surface area (Å²) in [6, 6.07) is 14.6. The number of halogens is 2. The quantitative estimate of drug-likeness (QED) is 0.556. The maximum Gasteiger partial charge on any atom is 0.288 e. The molecule has 1 heterocycles. The van der Waals surface area contributed by atoms with Crippen LogP contribution in [0, 0.1) is 6.92 Å². The first-order valence-corrected chi connectivity index (χ1v) is 9.62. The number of anilines is 1. The number of hydrogen-bond donors (Lipinski definition) is 1. The number of thiazole rings is 1. The molecule has 0 aliphatic heterocycles. The number of alkyl halides is 2. The summed E-state index contributed by atoms with van der Waals surface area (Å²) >= 11 is 1.89. The highest BCUT2D eigenvalue weighted by Crippen LogP contribution is 2.31. The molecule has 3 nitrogen and oxygen atoms in total. The molecule has 0 aliphatic carbocycles. The number of aryl methyl sites for hydroxylation is 1. The highest BCUT2D eigenvalue weighted by atomic mass is 32.2. The molecule has 0 fully saturated rings. The van der Waals surface area contributed by atoms with E-state index >= 15 is 0 Å². The Morgan fingerprint density at radius 2 is 1.92 bits per heavy atom. The molecule has 1 aromatic heterocycles. The minimum absolute atomic E-state index is 0.0933. The van der Waals surface area contributed by atoms with Crippen molar-refractivity contribution in [1.29, 1.82) is 0 Å². The lowest BCUT2D eigenvalue weighted by Gasteiger charge is -2.09. The molecule has 1 N–H and O–H groups in total. The Kier molecular flexibility index (Phi) is 6.00. The van der Waals surface area contributed by atoms with Crippen LogP contribution in [-0.2, 0) is 11.2 Å². The van der Waals surface area contributed by atoms with Crippen molar-refractivity contribution >= 4 is 34.7 Å². The highest BCUT2D eigenvalue weighted by Gasteiger charge is 2.13. The number of rotatable bonds is 6. The zero-order chi connectivity index (χ0) is 18.5. The number of amides is 1. The number of aromatic nitrogens is 1. The predicted octanol–water partition coefficient (Wildman–Crippen LogP) is 5.61. The number of thioether (sulfide) groups is 1. The van der Waals surface area contributed by atoms with Crippen molar-refractivity contribution in [2.45, 2.75) is 24.0 Å². The number of benzene rings is 2. The van der Waals surface area contributed by atoms with Crippen LogP contribution in [-0.4, -0.2) is 16.6 Å². The monoisotopic (exact) mass is 390 g/mol. The summed E-state index contributed by atoms with van der Waals surface area (Å²) < 4.78 is 25.2. The average molecular weight is 390 g/mol. The van der Waals surface area contributed by atoms with Crippen LogP contribution in [0.2, 0.25) is 0 Å². The minimum atomic E-state index is -2.54. The number of nitrogens with zero attached hydrogens (tertiary/aromatic N) is 1. The third kappa shape index (κ3) is 4.89. The fourth-order valence-electron chi connectivity index (χ4n) is 2.34. The van der Waals surface area contributed by atoms with E-state index < -0.39 is 5.76 Å². The summed E-state index contributed by atoms with van der Waals surface area (Å²) in [5, 5.41) is 5.38. The van der Waals surface area contributed by atoms with Crippen LogP contribution in [0.25, 0.3) is 10.6 Å². The van der Waals surface area contributed by atoms with E-state index in [4.69, 9.17) is 0 Å². The Morgan fingerprint density at radius 3 is 2.65 bits per heavy atom. The van der Waals surface area contributed by atoms with Gasteiger partial charge in [-0.15, -0.1) is 11.3 Å². The number of hydrogen-bond acceptors (Lipinski definition) is 4. The van der Waals surface area contributed by atoms with E-state index in [2.05, 4.69) is 10.3 Å². The topological polar surface area (TPSA) is 42.0 Å². The first kappa shape index (κ1) is 18.5. The van der Waals surface area contributed by atoms with Gasteiger partial charge in [-0.2, -0.15) is 8.78 Å². The van der Waals surface area contributed by atoms with E-state index in [1.54, 1.807) is 24.3 Å². The molecule has 2 aromatic carbocycles. The summed E-state index contributed by atoms with van der Waals surface area (Å²) in [5.41, 5.74) is 3.22. The standard InChI is InChI=1S/C19H16F2N2OS2/c1-12-6-8-13(9-7-12)18-22-14(11-25-18)10-17(24)23-15-4-2-3-5-16(15)26-19(20)21/h2-9,11,19H,10H2,1H3,(H,23,24). The fourth-order valence-corrected chi connectivity index (χ4v) is 3.77. The number of carbonyl (C=O) groups is 1. The maximum absolute atomic E-state index is 12.6. The number of para-hydroxylation sites is 1. The molecule has 0 unspecified atom stereocenters. The molecule has 3 aromatic rings. The van der Waals surface area contributed by atoms with Gasteiger partial charge in [-0.3, -0.25) is 4.79 Å². The number of carbonyl (C=O) groups excluding carboxylic acids is 1. The van der Waals surface area contributed by atoms with Crippen LogP contribution in [0.1, 0.15) is 11.3 Å². The van der Waals surface area contributed by atoms with Crippen LogP contribution >= 0.6 is 23.1 Å². The van der Waals surface area contributed by atoms with Crippen molar-refractivity contribution in [2.24, 2.45) is 0 Å². The molecule has 0 radical (unpaired) electrons. The molecule has 26 heavy (non-hydrogen) atoms. The van der Waals surface area contributed by atoms with Gasteiger partial charge in [0.1, 0.15) is 5.01 Å². The summed E-state index contributed by atoms with van der Waals surface area (Å²) in [5.74, 6) is -2.82. The number of nitrogens with one attached hydrogen (secondary N) is 1. The Morgan fingerprint density at radius 1 is 1.19 bits per heavy atom. The molecule has 0 saturated heterocycles. The second kappa shape index (κ2) is 8.42. The van der Waals surface area contributed by atoms with Crippen LogP contribution in [0.15, 0.2) is 58.8 Å². The van der Waals surface area contributed by atoms with E-state index in [0.29, 0.717) is 28.0 Å². The SMILES string of the molecule is Cc1ccc(-c2nc(CC(=O)Nc3ccccc3SC(F)F)cs2)cc1. The second-order valence-corrected chi connectivity index (χ2v) is 7.50. The molecule has 0 saturated carbocycles. The van der Waals surface area contributed by atoms with Crippen LogP contribution in [0.4, 0.5) is 14.5 Å². The molecular weight excluding hydrogens is 374 g/mol. The lowest BCUT2D eigenvalue weighted by atomic mass is 10.2. The summed E-state index contributed by atoms with van der Waals surface area (Å²) in [4.78, 5) is 17.1. The maximum atomic E-state index is 12.6. The van der Waals surface area contributed by atoms with Gasteiger partial charge in [0, 0.05) is 15.8 Å². The van der Waals surface area contributed by atoms with E-state index in [0.717, 1.165) is 10.6 Å². The molecule has 0 spiro atoms. The predicted molar refractivity (Wildman–Crippen MR) is 103 cm³/mol. The van der Waals surface area contributed by atoms with Gasteiger partial charge in [-0.25, -0.2) is 4.98 Å². The first-order chi connectivity index (χ1) is 12.5. The molecule has 0 bridgehead atoms. The van der Waals surface area contributed by atoms with E-state index in [-0.39, 0.29) is 12.3 Å². The summed E-state index contributed by atoms with van der Waals surface area (Å²) in [6.45, 7) is 2.02. The molecule has 1 amide bonds. The van der Waals surface area contributed by atoms with E-state index in [1.807, 2.05) is 36.6 Å². The van der Waals surface area contributed by atoms with Crippen molar-refractivity contribution in [2.75, 3.05) is 5.32 Å². The zero-order valence-corrected chi connectivity index (χ0v) is 15.5. The normalized spacial score (nSPS) is 10.9. The van der Waals surface area contributed by atoms with Gasteiger partial charge < -0.3 is 5.32 Å². The van der Waals surface area contributed by atoms with Gasteiger partial charge in [0.2, 0.25) is 5.91 Å². The minimum Gasteiger partial charge on any atom is -0.325 e. The zero-order valence-electron chi connectivity index (χ0n) is 13.9. The van der Waals surface area contributed by atoms with Crippen molar-refractivity contribution < 1.29 is 13.6 Å². The third-order valence-electron chi connectivity index (χ3n) is 3.57. The molecule has 0 aliphatic rings. The lowest BCUT2D eigenvalue weighted by Crippen LogP contribution is -2.15. The smallest absolute Gasteiger partial charge is 0.288 e. The van der Waals surface area contributed by atoms with Gasteiger partial charge in [0.15, 0.2) is 0 Å². The Bertz CT molecular complexity index is 895. The van der Waals surface area contributed by atoms with Crippen LogP contribution < -0.4 is 5.32 Å². The van der Waals surface area contributed by atoms with Crippen LogP contribution in [0.3, 0.4) is 0 Å². The molecule has 7 heteroatoms. The first-order valence-electron chi connectivity index (χ1n) is 7.86. The lowest BCUT2D eigenvalue weighted by molar-refractivity contribution is -0.115. The second-order valence-electron chi connectivity index (χ2n) is 5.61. The van der Waals surface area contributed by atoms with Crippen molar-refractivity contribution in [3.63, 3.8) is 0 Å². The Balaban J connectivity index is 1.67. The molecule has 0 atom stereocenters. The van der Waals surface area contributed by atoms with Gasteiger partial charge in [0.05, 0.1) is 17.8 Å². The summed E-state index contributed by atoms with van der Waals surface area (Å²) in [6.07, 6.45) is 0.0933. The Labute approximate surface area is 158 Å². The van der Waals surface area contributed by atoms with Crippen molar-refractivity contribution in [1.82, 2.24) is 4.98 Å².